The standard InChI is InChI=1S/C15H14N2O3/c1-10-9-12(7-8-16-10)17(20)15(19)14-6-4-3-5-13(14)11(2)18/h3-9,20H,1-2H3. The molecule has 0 fully saturated rings. The van der Waals surface area contributed by atoms with Crippen molar-refractivity contribution in [3.63, 3.8) is 0 Å². The Morgan fingerprint density at radius 2 is 1.80 bits per heavy atom. The number of anilines is 1. The molecule has 1 amide bonds. The van der Waals surface area contributed by atoms with Gasteiger partial charge < -0.3 is 0 Å². The van der Waals surface area contributed by atoms with Crippen molar-refractivity contribution in [1.29, 1.82) is 0 Å². The molecule has 0 atom stereocenters. The molecule has 5 nitrogen and oxygen atoms in total. The van der Waals surface area contributed by atoms with Gasteiger partial charge in [0, 0.05) is 17.5 Å². The summed E-state index contributed by atoms with van der Waals surface area (Å²) < 4.78 is 0. The van der Waals surface area contributed by atoms with Crippen LogP contribution in [0.4, 0.5) is 5.69 Å². The van der Waals surface area contributed by atoms with E-state index >= 15 is 0 Å². The summed E-state index contributed by atoms with van der Waals surface area (Å²) in [4.78, 5) is 27.8. The number of carbonyl (C=O) groups excluding carboxylic acids is 2. The number of amides is 1. The minimum Gasteiger partial charge on any atom is -0.294 e. The minimum atomic E-state index is -0.651. The molecular formula is C15H14N2O3. The summed E-state index contributed by atoms with van der Waals surface area (Å²) in [6.07, 6.45) is 1.50. The highest BCUT2D eigenvalue weighted by molar-refractivity contribution is 6.12. The Hall–Kier alpha value is -2.53. The predicted octanol–water partition coefficient (Wildman–Crippen LogP) is 2.63. The maximum Gasteiger partial charge on any atom is 0.282 e. The first kappa shape index (κ1) is 13.9. The largest absolute Gasteiger partial charge is 0.294 e. The molecule has 0 aliphatic heterocycles. The van der Waals surface area contributed by atoms with Crippen molar-refractivity contribution >= 4 is 17.4 Å². The van der Waals surface area contributed by atoms with Crippen LogP contribution in [0.2, 0.25) is 0 Å². The van der Waals surface area contributed by atoms with Gasteiger partial charge in [0.1, 0.15) is 0 Å². The number of nitrogens with zero attached hydrogens (tertiary/aromatic N) is 2. The molecule has 0 saturated carbocycles. The first-order chi connectivity index (χ1) is 9.50. The van der Waals surface area contributed by atoms with Gasteiger partial charge in [-0.1, -0.05) is 18.2 Å². The average Bonchev–Trinajstić information content (AvgIpc) is 2.45. The number of pyridine rings is 1. The van der Waals surface area contributed by atoms with Crippen LogP contribution in [-0.4, -0.2) is 21.9 Å². The van der Waals surface area contributed by atoms with E-state index in [1.165, 1.54) is 25.3 Å². The molecule has 1 aromatic heterocycles. The van der Waals surface area contributed by atoms with Crippen molar-refractivity contribution in [1.82, 2.24) is 4.98 Å². The quantitative estimate of drug-likeness (QED) is 0.528. The molecule has 0 unspecified atom stereocenters. The van der Waals surface area contributed by atoms with Crippen molar-refractivity contribution in [3.05, 3.63) is 59.4 Å². The van der Waals surface area contributed by atoms with E-state index in [2.05, 4.69) is 4.98 Å². The second-order valence-electron chi connectivity index (χ2n) is 4.37. The second kappa shape index (κ2) is 5.63. The number of aryl methyl sites for hydroxylation is 1. The average molecular weight is 270 g/mol. The molecule has 2 rings (SSSR count). The Morgan fingerprint density at radius 1 is 1.15 bits per heavy atom. The van der Waals surface area contributed by atoms with Gasteiger partial charge in [0.05, 0.1) is 11.3 Å². The van der Waals surface area contributed by atoms with Crippen molar-refractivity contribution in [2.45, 2.75) is 13.8 Å². The number of hydrogen-bond acceptors (Lipinski definition) is 4. The summed E-state index contributed by atoms with van der Waals surface area (Å²) in [5, 5.41) is 10.5. The van der Waals surface area contributed by atoms with Gasteiger partial charge in [0.25, 0.3) is 5.91 Å². The lowest BCUT2D eigenvalue weighted by Gasteiger charge is -2.16. The normalized spacial score (nSPS) is 10.2. The van der Waals surface area contributed by atoms with E-state index in [1.54, 1.807) is 31.2 Å². The molecule has 20 heavy (non-hydrogen) atoms. The van der Waals surface area contributed by atoms with Crippen LogP contribution in [-0.2, 0) is 0 Å². The summed E-state index contributed by atoms with van der Waals surface area (Å²) in [6.45, 7) is 3.13. The first-order valence-electron chi connectivity index (χ1n) is 6.06. The minimum absolute atomic E-state index is 0.164. The summed E-state index contributed by atoms with van der Waals surface area (Å²) in [7, 11) is 0. The SMILES string of the molecule is CC(=O)c1ccccc1C(=O)N(O)c1ccnc(C)c1. The molecule has 0 bridgehead atoms. The molecule has 0 saturated heterocycles. The smallest absolute Gasteiger partial charge is 0.282 e. The molecule has 5 heteroatoms. The van der Waals surface area contributed by atoms with Gasteiger partial charge in [-0.05, 0) is 32.0 Å². The lowest BCUT2D eigenvalue weighted by Crippen LogP contribution is -2.28. The Balaban J connectivity index is 2.39. The van der Waals surface area contributed by atoms with Gasteiger partial charge in [-0.15, -0.1) is 0 Å². The van der Waals surface area contributed by atoms with Crippen LogP contribution < -0.4 is 5.06 Å². The van der Waals surface area contributed by atoms with Crippen LogP contribution in [0.3, 0.4) is 0 Å². The molecule has 1 N–H and O–H groups in total. The number of benzene rings is 1. The molecule has 0 spiro atoms. The fourth-order valence-electron chi connectivity index (χ4n) is 1.87. The van der Waals surface area contributed by atoms with E-state index in [4.69, 9.17) is 0 Å². The van der Waals surface area contributed by atoms with Crippen LogP contribution in [0.25, 0.3) is 0 Å². The first-order valence-corrected chi connectivity index (χ1v) is 6.06. The third kappa shape index (κ3) is 2.73. The topological polar surface area (TPSA) is 70.5 Å². The molecular weight excluding hydrogens is 256 g/mol. The molecule has 1 aromatic carbocycles. The van der Waals surface area contributed by atoms with Gasteiger partial charge in [-0.25, -0.2) is 0 Å². The van der Waals surface area contributed by atoms with E-state index in [1.807, 2.05) is 0 Å². The van der Waals surface area contributed by atoms with Gasteiger partial charge in [-0.2, -0.15) is 5.06 Å². The molecule has 102 valence electrons. The maximum atomic E-state index is 12.3. The zero-order chi connectivity index (χ0) is 14.7. The van der Waals surface area contributed by atoms with Crippen LogP contribution in [0.15, 0.2) is 42.6 Å². The lowest BCUT2D eigenvalue weighted by atomic mass is 10.0. The Bertz CT molecular complexity index is 668. The summed E-state index contributed by atoms with van der Waals surface area (Å²) in [5.41, 5.74) is 1.43. The van der Waals surface area contributed by atoms with Crippen LogP contribution in [0, 0.1) is 6.92 Å². The third-order valence-corrected chi connectivity index (χ3v) is 2.85. The van der Waals surface area contributed by atoms with Crippen molar-refractivity contribution in [3.8, 4) is 0 Å². The number of rotatable bonds is 3. The predicted molar refractivity (Wildman–Crippen MR) is 74.0 cm³/mol. The van der Waals surface area contributed by atoms with Crippen LogP contribution in [0.1, 0.15) is 33.3 Å². The number of hydrogen-bond donors (Lipinski definition) is 1. The Morgan fingerprint density at radius 3 is 2.40 bits per heavy atom. The van der Waals surface area contributed by atoms with Crippen molar-refractivity contribution < 1.29 is 14.8 Å². The highest BCUT2D eigenvalue weighted by Crippen LogP contribution is 2.18. The van der Waals surface area contributed by atoms with Crippen molar-refractivity contribution in [2.24, 2.45) is 0 Å². The fourth-order valence-corrected chi connectivity index (χ4v) is 1.87. The summed E-state index contributed by atoms with van der Waals surface area (Å²) in [6, 6.07) is 9.48. The third-order valence-electron chi connectivity index (χ3n) is 2.85. The number of hydroxylamine groups is 1. The van der Waals surface area contributed by atoms with Crippen LogP contribution in [0.5, 0.6) is 0 Å². The fraction of sp³-hybridized carbons (Fsp3) is 0.133. The number of ketones is 1. The monoisotopic (exact) mass is 270 g/mol. The molecule has 0 radical (unpaired) electrons. The van der Waals surface area contributed by atoms with Crippen molar-refractivity contribution in [2.75, 3.05) is 5.06 Å². The van der Waals surface area contributed by atoms with Gasteiger partial charge >= 0.3 is 0 Å². The number of Topliss-reactive ketones (excluding diaryl/α,β-unsaturated/α-hetero) is 1. The van der Waals surface area contributed by atoms with E-state index in [9.17, 15) is 14.8 Å². The Kier molecular flexibility index (Phi) is 3.91. The molecule has 0 aliphatic rings. The maximum absolute atomic E-state index is 12.3. The van der Waals surface area contributed by atoms with E-state index in [0.717, 1.165) is 0 Å². The van der Waals surface area contributed by atoms with E-state index in [-0.39, 0.29) is 16.9 Å². The van der Waals surface area contributed by atoms with Gasteiger partial charge in [-0.3, -0.25) is 19.8 Å². The molecule has 2 aromatic rings. The highest BCUT2D eigenvalue weighted by atomic mass is 16.5. The zero-order valence-electron chi connectivity index (χ0n) is 11.2. The summed E-state index contributed by atoms with van der Waals surface area (Å²) in [5.74, 6) is -0.880. The molecule has 0 aliphatic carbocycles. The summed E-state index contributed by atoms with van der Waals surface area (Å²) >= 11 is 0. The Labute approximate surface area is 116 Å². The highest BCUT2D eigenvalue weighted by Gasteiger charge is 2.20. The van der Waals surface area contributed by atoms with Crippen LogP contribution >= 0.6 is 0 Å². The zero-order valence-corrected chi connectivity index (χ0v) is 11.2. The lowest BCUT2D eigenvalue weighted by molar-refractivity contribution is 0.0848. The number of carbonyl (C=O) groups is 2. The van der Waals surface area contributed by atoms with E-state index in [0.29, 0.717) is 16.4 Å². The second-order valence-corrected chi connectivity index (χ2v) is 4.37. The van der Waals surface area contributed by atoms with E-state index < -0.39 is 5.91 Å². The number of aromatic nitrogens is 1. The van der Waals surface area contributed by atoms with Gasteiger partial charge in [0.15, 0.2) is 5.78 Å². The molecule has 1 heterocycles. The van der Waals surface area contributed by atoms with Gasteiger partial charge in [0.2, 0.25) is 0 Å².